The summed E-state index contributed by atoms with van der Waals surface area (Å²) in [5.41, 5.74) is 14.0. The molecule has 4 aromatic carbocycles. The van der Waals surface area contributed by atoms with Gasteiger partial charge >= 0.3 is 0 Å². The average Bonchev–Trinajstić information content (AvgIpc) is 3.26. The van der Waals surface area contributed by atoms with Crippen LogP contribution in [-0.2, 0) is 11.8 Å². The average molecular weight is 543 g/mol. The molecule has 0 radical (unpaired) electrons. The topological polar surface area (TPSA) is 0 Å². The molecule has 0 bridgehead atoms. The van der Waals surface area contributed by atoms with Crippen molar-refractivity contribution in [3.05, 3.63) is 118 Å². The molecule has 0 atom stereocenters. The number of unbranched alkanes of at least 4 members (excludes halogenated alkanes) is 8. The van der Waals surface area contributed by atoms with Gasteiger partial charge in [0.05, 0.1) is 0 Å². The van der Waals surface area contributed by atoms with E-state index < -0.39 is 0 Å². The zero-order valence-corrected chi connectivity index (χ0v) is 26.1. The molecule has 0 N–H and O–H groups in total. The van der Waals surface area contributed by atoms with Crippen molar-refractivity contribution < 1.29 is 0 Å². The van der Waals surface area contributed by atoms with Crippen LogP contribution in [0, 0.1) is 13.8 Å². The number of aryl methyl sites for hydroxylation is 3. The summed E-state index contributed by atoms with van der Waals surface area (Å²) >= 11 is 0. The van der Waals surface area contributed by atoms with Crippen LogP contribution in [0.2, 0.25) is 0 Å². The smallest absolute Gasteiger partial charge is 0.0464 e. The third-order valence-corrected chi connectivity index (χ3v) is 9.43. The van der Waals surface area contributed by atoms with Crippen molar-refractivity contribution in [1.82, 2.24) is 0 Å². The fourth-order valence-electron chi connectivity index (χ4n) is 7.12. The first kappa shape index (κ1) is 29.4. The predicted molar refractivity (Wildman–Crippen MR) is 179 cm³/mol. The minimum atomic E-state index is -0.108. The normalized spacial score (nSPS) is 13.3. The van der Waals surface area contributed by atoms with Gasteiger partial charge in [0.1, 0.15) is 0 Å². The van der Waals surface area contributed by atoms with Gasteiger partial charge in [0.2, 0.25) is 0 Å². The van der Waals surface area contributed by atoms with Gasteiger partial charge in [0.25, 0.3) is 0 Å². The zero-order chi connectivity index (χ0) is 28.7. The molecule has 0 saturated heterocycles. The molecule has 0 aliphatic heterocycles. The zero-order valence-electron chi connectivity index (χ0n) is 26.1. The maximum absolute atomic E-state index is 2.51. The van der Waals surface area contributed by atoms with Crippen molar-refractivity contribution in [3.63, 3.8) is 0 Å². The maximum atomic E-state index is 2.51. The highest BCUT2D eigenvalue weighted by Crippen LogP contribution is 2.55. The molecule has 5 rings (SSSR count). The highest BCUT2D eigenvalue weighted by atomic mass is 14.5. The van der Waals surface area contributed by atoms with Crippen LogP contribution in [0.15, 0.2) is 84.9 Å². The minimum absolute atomic E-state index is 0.108. The molecule has 0 nitrogen and oxygen atoms in total. The lowest BCUT2D eigenvalue weighted by molar-refractivity contribution is 0.506. The molecule has 0 heterocycles. The Kier molecular flexibility index (Phi) is 9.81. The van der Waals surface area contributed by atoms with Crippen molar-refractivity contribution in [2.45, 2.75) is 110 Å². The molecule has 0 saturated carbocycles. The van der Waals surface area contributed by atoms with Gasteiger partial charge in [-0.15, -0.1) is 0 Å². The number of rotatable bonds is 14. The molecule has 4 aromatic rings. The van der Waals surface area contributed by atoms with Crippen LogP contribution in [0.25, 0.3) is 22.3 Å². The number of benzene rings is 4. The van der Waals surface area contributed by atoms with Crippen molar-refractivity contribution >= 4 is 0 Å². The quantitative estimate of drug-likeness (QED) is 0.139. The summed E-state index contributed by atoms with van der Waals surface area (Å²) in [6, 6.07) is 33.3. The second kappa shape index (κ2) is 13.7. The minimum Gasteiger partial charge on any atom is -0.0654 e. The fourth-order valence-corrected chi connectivity index (χ4v) is 7.12. The van der Waals surface area contributed by atoms with Crippen molar-refractivity contribution in [1.29, 1.82) is 0 Å². The van der Waals surface area contributed by atoms with E-state index in [0.717, 1.165) is 6.42 Å². The largest absolute Gasteiger partial charge is 0.0654 e. The van der Waals surface area contributed by atoms with E-state index in [1.54, 1.807) is 0 Å². The van der Waals surface area contributed by atoms with E-state index in [-0.39, 0.29) is 5.41 Å². The first-order chi connectivity index (χ1) is 20.1. The predicted octanol–water partition coefficient (Wildman–Crippen LogP) is 12.2. The van der Waals surface area contributed by atoms with Crippen LogP contribution in [0.1, 0.15) is 118 Å². The summed E-state index contributed by atoms with van der Waals surface area (Å²) < 4.78 is 0. The maximum Gasteiger partial charge on any atom is 0.0464 e. The second-order valence-corrected chi connectivity index (χ2v) is 12.6. The molecule has 0 amide bonds. The van der Waals surface area contributed by atoms with E-state index in [2.05, 4.69) is 113 Å². The molecule has 214 valence electrons. The Bertz CT molecular complexity index is 1370. The monoisotopic (exact) mass is 542 g/mol. The van der Waals surface area contributed by atoms with Gasteiger partial charge in [0, 0.05) is 5.41 Å². The third-order valence-electron chi connectivity index (χ3n) is 9.43. The van der Waals surface area contributed by atoms with Crippen LogP contribution in [0.3, 0.4) is 0 Å². The second-order valence-electron chi connectivity index (χ2n) is 12.6. The van der Waals surface area contributed by atoms with Crippen LogP contribution in [-0.4, -0.2) is 0 Å². The van der Waals surface area contributed by atoms with Gasteiger partial charge in [-0.2, -0.15) is 0 Å². The molecule has 0 spiro atoms. The Morgan fingerprint density at radius 1 is 0.512 bits per heavy atom. The summed E-state index contributed by atoms with van der Waals surface area (Å²) in [7, 11) is 0. The summed E-state index contributed by atoms with van der Waals surface area (Å²) in [5, 5.41) is 0. The van der Waals surface area contributed by atoms with Gasteiger partial charge in [-0.25, -0.2) is 0 Å². The molecular formula is C41H50. The Morgan fingerprint density at radius 2 is 1.10 bits per heavy atom. The lowest BCUT2D eigenvalue weighted by Crippen LogP contribution is -2.27. The Labute approximate surface area is 250 Å². The van der Waals surface area contributed by atoms with Crippen LogP contribution >= 0.6 is 0 Å². The molecule has 41 heavy (non-hydrogen) atoms. The summed E-state index contributed by atoms with van der Waals surface area (Å²) in [5.74, 6) is 0. The van der Waals surface area contributed by atoms with Crippen LogP contribution in [0.5, 0.6) is 0 Å². The van der Waals surface area contributed by atoms with E-state index in [1.807, 2.05) is 0 Å². The van der Waals surface area contributed by atoms with Crippen molar-refractivity contribution in [2.75, 3.05) is 0 Å². The molecule has 1 aliphatic rings. The number of hydrogen-bond donors (Lipinski definition) is 0. The van der Waals surface area contributed by atoms with Gasteiger partial charge in [-0.1, -0.05) is 162 Å². The molecule has 0 unspecified atom stereocenters. The highest BCUT2D eigenvalue weighted by molar-refractivity contribution is 5.84. The van der Waals surface area contributed by atoms with Gasteiger partial charge in [-0.05, 0) is 83.7 Å². The summed E-state index contributed by atoms with van der Waals surface area (Å²) in [6.07, 6.45) is 15.5. The Hall–Kier alpha value is -3.12. The van der Waals surface area contributed by atoms with E-state index in [9.17, 15) is 0 Å². The first-order valence-electron chi connectivity index (χ1n) is 16.5. The molecule has 0 fully saturated rings. The SMILES string of the molecule is CCCCCCCCC1(c2cccc(-c3ccc(CCCCCC)cc3)c2)c2cc(C)ccc2-c2ccc(C)cc21. The van der Waals surface area contributed by atoms with E-state index in [1.165, 1.54) is 126 Å². The summed E-state index contributed by atoms with van der Waals surface area (Å²) in [6.45, 7) is 9.10. The van der Waals surface area contributed by atoms with Gasteiger partial charge in [0.15, 0.2) is 0 Å². The van der Waals surface area contributed by atoms with Gasteiger partial charge < -0.3 is 0 Å². The van der Waals surface area contributed by atoms with E-state index >= 15 is 0 Å². The van der Waals surface area contributed by atoms with Crippen molar-refractivity contribution in [3.8, 4) is 22.3 Å². The molecule has 0 aromatic heterocycles. The van der Waals surface area contributed by atoms with Gasteiger partial charge in [-0.3, -0.25) is 0 Å². The van der Waals surface area contributed by atoms with E-state index in [4.69, 9.17) is 0 Å². The lowest BCUT2D eigenvalue weighted by Gasteiger charge is -2.34. The first-order valence-corrected chi connectivity index (χ1v) is 16.5. The number of fused-ring (bicyclic) bond motifs is 3. The summed E-state index contributed by atoms with van der Waals surface area (Å²) in [4.78, 5) is 0. The van der Waals surface area contributed by atoms with E-state index in [0.29, 0.717) is 0 Å². The Morgan fingerprint density at radius 3 is 1.73 bits per heavy atom. The van der Waals surface area contributed by atoms with Crippen molar-refractivity contribution in [2.24, 2.45) is 0 Å². The molecule has 0 heteroatoms. The van der Waals surface area contributed by atoms with Crippen LogP contribution in [0.4, 0.5) is 0 Å². The fraction of sp³-hybridized carbons (Fsp3) is 0.415. The Balaban J connectivity index is 1.53. The third kappa shape index (κ3) is 6.38. The standard InChI is InChI=1S/C41H50/c1-5-7-9-11-12-14-27-41(39-28-31(3)19-25-37(39)38-26-20-32(4)29-40(38)41)36-18-15-17-35(30-36)34-23-21-33(22-24-34)16-13-10-8-6-2/h15,17-26,28-30H,5-14,16,27H2,1-4H3. The van der Waals surface area contributed by atoms with Crippen LogP contribution < -0.4 is 0 Å². The highest BCUT2D eigenvalue weighted by Gasteiger charge is 2.44. The lowest BCUT2D eigenvalue weighted by atomic mass is 9.68. The molecule has 1 aliphatic carbocycles. The number of hydrogen-bond acceptors (Lipinski definition) is 0. The molecular weight excluding hydrogens is 492 g/mol.